The fourth-order valence-corrected chi connectivity index (χ4v) is 3.47. The van der Waals surface area contributed by atoms with E-state index >= 15 is 0 Å². The molecule has 1 atom stereocenters. The van der Waals surface area contributed by atoms with Crippen molar-refractivity contribution in [3.63, 3.8) is 0 Å². The maximum Gasteiger partial charge on any atom is 0.405 e. The Morgan fingerprint density at radius 2 is 2.22 bits per heavy atom. The van der Waals surface area contributed by atoms with Gasteiger partial charge in [0.05, 0.1) is 6.20 Å². The lowest BCUT2D eigenvalue weighted by atomic mass is 9.88. The van der Waals surface area contributed by atoms with E-state index in [1.54, 1.807) is 0 Å². The van der Waals surface area contributed by atoms with Crippen molar-refractivity contribution in [1.82, 2.24) is 20.0 Å². The Morgan fingerprint density at radius 3 is 2.89 bits per heavy atom. The van der Waals surface area contributed by atoms with E-state index in [1.807, 2.05) is 22.4 Å². The molecule has 0 aromatic carbocycles. The van der Waals surface area contributed by atoms with E-state index in [0.29, 0.717) is 19.5 Å². The molecule has 0 radical (unpaired) electrons. The zero-order valence-electron chi connectivity index (χ0n) is 15.4. The van der Waals surface area contributed by atoms with Gasteiger partial charge in [-0.2, -0.15) is 18.3 Å². The predicted octanol–water partition coefficient (Wildman–Crippen LogP) is 2.25. The number of carbonyl (C=O) groups is 1. The van der Waals surface area contributed by atoms with E-state index in [1.165, 1.54) is 0 Å². The Labute approximate surface area is 155 Å². The molecule has 1 fully saturated rings. The summed E-state index contributed by atoms with van der Waals surface area (Å²) < 4.78 is 38.7. The molecule has 2 aliphatic heterocycles. The monoisotopic (exact) mass is 387 g/mol. The number of hydrogen-bond donors (Lipinski definition) is 1. The molecule has 2 aliphatic rings. The smallest absolute Gasteiger partial charge is 0.387 e. The molecule has 3 heterocycles. The first-order chi connectivity index (χ1) is 12.7. The van der Waals surface area contributed by atoms with E-state index in [4.69, 9.17) is 4.84 Å². The highest BCUT2D eigenvalue weighted by atomic mass is 19.4. The van der Waals surface area contributed by atoms with Gasteiger partial charge in [0, 0.05) is 37.3 Å². The lowest BCUT2D eigenvalue weighted by molar-refractivity contribution is -0.134. The van der Waals surface area contributed by atoms with Gasteiger partial charge < -0.3 is 10.2 Å². The fraction of sp³-hybridized carbons (Fsp3) is 0.706. The van der Waals surface area contributed by atoms with Crippen LogP contribution in [-0.4, -0.2) is 57.7 Å². The third-order valence-corrected chi connectivity index (χ3v) is 4.76. The largest absolute Gasteiger partial charge is 0.405 e. The van der Waals surface area contributed by atoms with Crippen molar-refractivity contribution in [3.05, 3.63) is 18.0 Å². The SMILES string of the molecule is CC(C)n1cc(CN2CCC[C@@]3(CC(C(=O)NCC(F)(F)F)=NO3)C2)cn1. The summed E-state index contributed by atoms with van der Waals surface area (Å²) in [4.78, 5) is 19.7. The number of oxime groups is 1. The van der Waals surface area contributed by atoms with Gasteiger partial charge in [-0.05, 0) is 33.2 Å². The summed E-state index contributed by atoms with van der Waals surface area (Å²) >= 11 is 0. The van der Waals surface area contributed by atoms with Crippen molar-refractivity contribution in [2.45, 2.75) is 57.5 Å². The number of amides is 1. The average Bonchev–Trinajstić information content (AvgIpc) is 3.20. The number of nitrogens with one attached hydrogen (secondary N) is 1. The summed E-state index contributed by atoms with van der Waals surface area (Å²) in [5, 5.41) is 9.96. The molecular weight excluding hydrogens is 363 g/mol. The number of carbonyl (C=O) groups excluding carboxylic acids is 1. The second-order valence-electron chi connectivity index (χ2n) is 7.52. The Kier molecular flexibility index (Phi) is 5.45. The highest BCUT2D eigenvalue weighted by molar-refractivity contribution is 6.39. The minimum Gasteiger partial charge on any atom is -0.387 e. The van der Waals surface area contributed by atoms with E-state index in [9.17, 15) is 18.0 Å². The molecule has 1 amide bonds. The molecule has 10 heteroatoms. The standard InChI is InChI=1S/C17H24F3N5O2/c1-12(2)25-9-13(7-22-25)8-24-5-3-4-16(11-24)6-14(23-27-16)15(26)21-10-17(18,19)20/h7,9,12H,3-6,8,10-11H2,1-2H3,(H,21,26)/t16-/m1/s1. The number of rotatable bonds is 5. The Morgan fingerprint density at radius 1 is 1.44 bits per heavy atom. The number of piperidine rings is 1. The molecule has 7 nitrogen and oxygen atoms in total. The van der Waals surface area contributed by atoms with Crippen molar-refractivity contribution < 1.29 is 22.8 Å². The van der Waals surface area contributed by atoms with Crippen LogP contribution in [0.5, 0.6) is 0 Å². The van der Waals surface area contributed by atoms with Crippen molar-refractivity contribution in [2.75, 3.05) is 19.6 Å². The van der Waals surface area contributed by atoms with Crippen LogP contribution in [0.1, 0.15) is 44.7 Å². The van der Waals surface area contributed by atoms with Crippen LogP contribution in [-0.2, 0) is 16.2 Å². The van der Waals surface area contributed by atoms with Crippen LogP contribution < -0.4 is 5.32 Å². The van der Waals surface area contributed by atoms with Crippen LogP contribution in [0.2, 0.25) is 0 Å². The molecule has 0 saturated carbocycles. The molecule has 150 valence electrons. The number of halogens is 3. The maximum atomic E-state index is 12.3. The molecular formula is C17H24F3N5O2. The highest BCUT2D eigenvalue weighted by Crippen LogP contribution is 2.34. The molecule has 27 heavy (non-hydrogen) atoms. The van der Waals surface area contributed by atoms with Crippen molar-refractivity contribution >= 4 is 11.6 Å². The van der Waals surface area contributed by atoms with Gasteiger partial charge in [-0.25, -0.2) is 0 Å². The zero-order chi connectivity index (χ0) is 19.7. The predicted molar refractivity (Wildman–Crippen MR) is 92.1 cm³/mol. The summed E-state index contributed by atoms with van der Waals surface area (Å²) in [6.45, 7) is 4.90. The van der Waals surface area contributed by atoms with E-state index < -0.39 is 24.2 Å². The van der Waals surface area contributed by atoms with Gasteiger partial charge in [0.15, 0.2) is 5.60 Å². The molecule has 1 saturated heterocycles. The third-order valence-electron chi connectivity index (χ3n) is 4.76. The van der Waals surface area contributed by atoms with Gasteiger partial charge in [0.25, 0.3) is 5.91 Å². The first kappa shape index (κ1) is 19.7. The van der Waals surface area contributed by atoms with Gasteiger partial charge in [-0.3, -0.25) is 14.4 Å². The fourth-order valence-electron chi connectivity index (χ4n) is 3.47. The van der Waals surface area contributed by atoms with E-state index in [-0.39, 0.29) is 18.2 Å². The Hall–Kier alpha value is -2.10. The summed E-state index contributed by atoms with van der Waals surface area (Å²) in [5.74, 6) is -0.820. The Balaban J connectivity index is 1.55. The van der Waals surface area contributed by atoms with Gasteiger partial charge in [0.1, 0.15) is 12.3 Å². The van der Waals surface area contributed by atoms with Gasteiger partial charge in [0.2, 0.25) is 0 Å². The van der Waals surface area contributed by atoms with Crippen LogP contribution in [0.15, 0.2) is 17.5 Å². The first-order valence-electron chi connectivity index (χ1n) is 9.01. The molecule has 0 unspecified atom stereocenters. The number of hydrogen-bond acceptors (Lipinski definition) is 5. The Bertz CT molecular complexity index is 716. The van der Waals surface area contributed by atoms with Crippen LogP contribution in [0.3, 0.4) is 0 Å². The highest BCUT2D eigenvalue weighted by Gasteiger charge is 2.44. The minimum absolute atomic E-state index is 0.0220. The number of nitrogens with zero attached hydrogens (tertiary/aromatic N) is 4. The quantitative estimate of drug-likeness (QED) is 0.841. The molecule has 3 rings (SSSR count). The molecule has 1 spiro atoms. The lowest BCUT2D eigenvalue weighted by Gasteiger charge is -2.38. The number of alkyl halides is 3. The summed E-state index contributed by atoms with van der Waals surface area (Å²) in [5.41, 5.74) is 0.466. The summed E-state index contributed by atoms with van der Waals surface area (Å²) in [6.07, 6.45) is 1.20. The summed E-state index contributed by atoms with van der Waals surface area (Å²) in [7, 11) is 0. The van der Waals surface area contributed by atoms with Crippen LogP contribution in [0, 0.1) is 0 Å². The van der Waals surface area contributed by atoms with Crippen LogP contribution in [0.25, 0.3) is 0 Å². The average molecular weight is 387 g/mol. The van der Waals surface area contributed by atoms with Gasteiger partial charge in [-0.15, -0.1) is 0 Å². The van der Waals surface area contributed by atoms with E-state index in [0.717, 1.165) is 18.5 Å². The molecule has 1 aromatic rings. The van der Waals surface area contributed by atoms with E-state index in [2.05, 4.69) is 29.0 Å². The van der Waals surface area contributed by atoms with Crippen LogP contribution >= 0.6 is 0 Å². The van der Waals surface area contributed by atoms with Crippen molar-refractivity contribution in [3.8, 4) is 0 Å². The third kappa shape index (κ3) is 5.00. The first-order valence-corrected chi connectivity index (χ1v) is 9.01. The normalized spacial score (nSPS) is 23.6. The topological polar surface area (TPSA) is 71.8 Å². The molecule has 0 aliphatic carbocycles. The van der Waals surface area contributed by atoms with Crippen molar-refractivity contribution in [1.29, 1.82) is 0 Å². The molecule has 1 N–H and O–H groups in total. The van der Waals surface area contributed by atoms with Gasteiger partial charge in [-0.1, -0.05) is 5.16 Å². The number of likely N-dealkylation sites (tertiary alicyclic amines) is 1. The van der Waals surface area contributed by atoms with Crippen LogP contribution in [0.4, 0.5) is 13.2 Å². The number of aromatic nitrogens is 2. The maximum absolute atomic E-state index is 12.3. The second kappa shape index (κ2) is 7.49. The zero-order valence-corrected chi connectivity index (χ0v) is 15.4. The molecule has 1 aromatic heterocycles. The lowest BCUT2D eigenvalue weighted by Crippen LogP contribution is -2.48. The second-order valence-corrected chi connectivity index (χ2v) is 7.52. The van der Waals surface area contributed by atoms with Crippen molar-refractivity contribution in [2.24, 2.45) is 5.16 Å². The van der Waals surface area contributed by atoms with Gasteiger partial charge >= 0.3 is 6.18 Å². The molecule has 0 bridgehead atoms. The minimum atomic E-state index is -4.45. The summed E-state index contributed by atoms with van der Waals surface area (Å²) in [6, 6.07) is 0.288.